The molecule has 0 saturated carbocycles. The Kier molecular flexibility index (Phi) is 2.82. The van der Waals surface area contributed by atoms with E-state index in [1.165, 1.54) is 6.07 Å². The van der Waals surface area contributed by atoms with E-state index in [2.05, 4.69) is 15.5 Å². The van der Waals surface area contributed by atoms with Crippen molar-refractivity contribution in [1.82, 2.24) is 10.2 Å². The number of aryl methyl sites for hydroxylation is 1. The summed E-state index contributed by atoms with van der Waals surface area (Å²) < 4.78 is 18.4. The third-order valence-corrected chi connectivity index (χ3v) is 2.06. The Balaban J connectivity index is 2.17. The fourth-order valence-corrected chi connectivity index (χ4v) is 1.18. The standard InChI is InChI=1S/C10H11FN4O/c1-6-2-3-7(4-8(6)11)13-10-15-14-9(5-12)16-10/h2-4H,5,12H2,1H3,(H,13,15). The largest absolute Gasteiger partial charge is 0.406 e. The third-order valence-electron chi connectivity index (χ3n) is 2.06. The molecule has 0 aliphatic rings. The molecule has 3 N–H and O–H groups in total. The van der Waals surface area contributed by atoms with Crippen molar-refractivity contribution < 1.29 is 8.81 Å². The van der Waals surface area contributed by atoms with Crippen molar-refractivity contribution in [2.45, 2.75) is 13.5 Å². The number of benzene rings is 1. The Morgan fingerprint density at radius 1 is 1.44 bits per heavy atom. The summed E-state index contributed by atoms with van der Waals surface area (Å²) in [5.41, 5.74) is 6.45. The molecule has 2 aromatic rings. The zero-order valence-electron chi connectivity index (χ0n) is 8.70. The minimum atomic E-state index is -0.288. The van der Waals surface area contributed by atoms with Gasteiger partial charge in [-0.1, -0.05) is 11.2 Å². The van der Waals surface area contributed by atoms with Crippen LogP contribution in [0.4, 0.5) is 16.1 Å². The van der Waals surface area contributed by atoms with E-state index in [-0.39, 0.29) is 18.4 Å². The SMILES string of the molecule is Cc1ccc(Nc2nnc(CN)o2)cc1F. The van der Waals surface area contributed by atoms with Gasteiger partial charge in [-0.25, -0.2) is 4.39 Å². The van der Waals surface area contributed by atoms with Crippen LogP contribution in [0.5, 0.6) is 0 Å². The van der Waals surface area contributed by atoms with Crippen LogP contribution in [0, 0.1) is 12.7 Å². The van der Waals surface area contributed by atoms with Crippen molar-refractivity contribution in [2.75, 3.05) is 5.32 Å². The molecule has 84 valence electrons. The first-order chi connectivity index (χ1) is 7.69. The molecule has 2 rings (SSSR count). The highest BCUT2D eigenvalue weighted by molar-refractivity contribution is 5.52. The van der Waals surface area contributed by atoms with Gasteiger partial charge in [0.2, 0.25) is 5.89 Å². The van der Waals surface area contributed by atoms with Crippen LogP contribution in [0.2, 0.25) is 0 Å². The number of nitrogens with zero attached hydrogens (tertiary/aromatic N) is 2. The predicted octanol–water partition coefficient (Wildman–Crippen LogP) is 1.72. The van der Waals surface area contributed by atoms with Crippen molar-refractivity contribution in [3.63, 3.8) is 0 Å². The number of anilines is 2. The number of rotatable bonds is 3. The molecular weight excluding hydrogens is 211 g/mol. The second-order valence-electron chi connectivity index (χ2n) is 3.29. The number of hydrogen-bond acceptors (Lipinski definition) is 5. The minimum Gasteiger partial charge on any atom is -0.406 e. The summed E-state index contributed by atoms with van der Waals surface area (Å²) in [6, 6.07) is 4.95. The first-order valence-corrected chi connectivity index (χ1v) is 4.74. The molecule has 0 radical (unpaired) electrons. The molecule has 0 spiro atoms. The summed E-state index contributed by atoms with van der Waals surface area (Å²) in [5.74, 6) is 0.0404. The molecule has 0 aliphatic heterocycles. The van der Waals surface area contributed by atoms with Gasteiger partial charge in [0.05, 0.1) is 6.54 Å². The molecule has 0 amide bonds. The lowest BCUT2D eigenvalue weighted by molar-refractivity contribution is 0.511. The van der Waals surface area contributed by atoms with Crippen LogP contribution in [0.1, 0.15) is 11.5 Å². The molecule has 1 heterocycles. The second kappa shape index (κ2) is 4.28. The molecule has 5 nitrogen and oxygen atoms in total. The highest BCUT2D eigenvalue weighted by atomic mass is 19.1. The van der Waals surface area contributed by atoms with Crippen molar-refractivity contribution in [1.29, 1.82) is 0 Å². The summed E-state index contributed by atoms with van der Waals surface area (Å²) in [7, 11) is 0. The normalized spacial score (nSPS) is 10.4. The lowest BCUT2D eigenvalue weighted by Crippen LogP contribution is -1.95. The first kappa shape index (κ1) is 10.6. The maximum absolute atomic E-state index is 13.2. The van der Waals surface area contributed by atoms with Gasteiger partial charge in [-0.15, -0.1) is 5.10 Å². The molecular formula is C10H11FN4O. The summed E-state index contributed by atoms with van der Waals surface area (Å²) in [6.07, 6.45) is 0. The molecule has 0 aliphatic carbocycles. The Morgan fingerprint density at radius 2 is 2.25 bits per heavy atom. The summed E-state index contributed by atoms with van der Waals surface area (Å²) in [6.45, 7) is 1.87. The Hall–Kier alpha value is -1.95. The number of nitrogens with two attached hydrogens (primary N) is 1. The fraction of sp³-hybridized carbons (Fsp3) is 0.200. The van der Waals surface area contributed by atoms with Gasteiger partial charge in [-0.3, -0.25) is 0 Å². The van der Waals surface area contributed by atoms with Crippen LogP contribution in [0.15, 0.2) is 22.6 Å². The highest BCUT2D eigenvalue weighted by Gasteiger charge is 2.05. The van der Waals surface area contributed by atoms with Gasteiger partial charge in [-0.05, 0) is 24.6 Å². The summed E-state index contributed by atoms with van der Waals surface area (Å²) in [5, 5.41) is 10.2. The monoisotopic (exact) mass is 222 g/mol. The molecule has 0 atom stereocenters. The average molecular weight is 222 g/mol. The van der Waals surface area contributed by atoms with Gasteiger partial charge in [0, 0.05) is 5.69 Å². The van der Waals surface area contributed by atoms with Crippen LogP contribution in [-0.2, 0) is 6.54 Å². The number of halogens is 1. The maximum atomic E-state index is 13.2. The Labute approximate surface area is 91.5 Å². The van der Waals surface area contributed by atoms with E-state index < -0.39 is 0 Å². The van der Waals surface area contributed by atoms with E-state index in [0.29, 0.717) is 17.1 Å². The topological polar surface area (TPSA) is 77.0 Å². The summed E-state index contributed by atoms with van der Waals surface area (Å²) in [4.78, 5) is 0. The molecule has 16 heavy (non-hydrogen) atoms. The zero-order chi connectivity index (χ0) is 11.5. The van der Waals surface area contributed by atoms with E-state index in [4.69, 9.17) is 10.2 Å². The average Bonchev–Trinajstić information content (AvgIpc) is 2.71. The van der Waals surface area contributed by atoms with E-state index in [1.807, 2.05) is 0 Å². The lowest BCUT2D eigenvalue weighted by Gasteiger charge is -2.02. The molecule has 0 unspecified atom stereocenters. The van der Waals surface area contributed by atoms with E-state index in [0.717, 1.165) is 0 Å². The molecule has 0 saturated heterocycles. The van der Waals surface area contributed by atoms with Gasteiger partial charge < -0.3 is 15.5 Å². The molecule has 1 aromatic carbocycles. The Morgan fingerprint density at radius 3 is 2.88 bits per heavy atom. The van der Waals surface area contributed by atoms with Crippen molar-refractivity contribution in [3.05, 3.63) is 35.5 Å². The lowest BCUT2D eigenvalue weighted by atomic mass is 10.2. The fourth-order valence-electron chi connectivity index (χ4n) is 1.18. The third kappa shape index (κ3) is 2.17. The molecule has 0 fully saturated rings. The zero-order valence-corrected chi connectivity index (χ0v) is 8.70. The van der Waals surface area contributed by atoms with Gasteiger partial charge >= 0.3 is 6.01 Å². The smallest absolute Gasteiger partial charge is 0.320 e. The van der Waals surface area contributed by atoms with E-state index in [9.17, 15) is 4.39 Å². The van der Waals surface area contributed by atoms with Gasteiger partial charge in [0.25, 0.3) is 0 Å². The highest BCUT2D eigenvalue weighted by Crippen LogP contribution is 2.18. The molecule has 0 bridgehead atoms. The first-order valence-electron chi connectivity index (χ1n) is 4.74. The van der Waals surface area contributed by atoms with Crippen molar-refractivity contribution >= 4 is 11.7 Å². The number of nitrogens with one attached hydrogen (secondary N) is 1. The maximum Gasteiger partial charge on any atom is 0.320 e. The van der Waals surface area contributed by atoms with E-state index >= 15 is 0 Å². The number of hydrogen-bond donors (Lipinski definition) is 2. The minimum absolute atomic E-state index is 0.178. The molecule has 1 aromatic heterocycles. The van der Waals surface area contributed by atoms with Gasteiger partial charge in [0.1, 0.15) is 5.82 Å². The van der Waals surface area contributed by atoms with Crippen LogP contribution < -0.4 is 11.1 Å². The summed E-state index contributed by atoms with van der Waals surface area (Å²) >= 11 is 0. The number of aromatic nitrogens is 2. The Bertz CT molecular complexity index is 497. The van der Waals surface area contributed by atoms with Gasteiger partial charge in [-0.2, -0.15) is 0 Å². The quantitative estimate of drug-likeness (QED) is 0.826. The van der Waals surface area contributed by atoms with Crippen molar-refractivity contribution in [3.8, 4) is 0 Å². The van der Waals surface area contributed by atoms with Crippen LogP contribution in [-0.4, -0.2) is 10.2 Å². The second-order valence-corrected chi connectivity index (χ2v) is 3.29. The van der Waals surface area contributed by atoms with Crippen molar-refractivity contribution in [2.24, 2.45) is 5.73 Å². The van der Waals surface area contributed by atoms with Crippen LogP contribution >= 0.6 is 0 Å². The molecule has 6 heteroatoms. The van der Waals surface area contributed by atoms with Crippen LogP contribution in [0.25, 0.3) is 0 Å². The van der Waals surface area contributed by atoms with Gasteiger partial charge in [0.15, 0.2) is 0 Å². The predicted molar refractivity (Wildman–Crippen MR) is 56.6 cm³/mol. The van der Waals surface area contributed by atoms with Crippen LogP contribution in [0.3, 0.4) is 0 Å². The van der Waals surface area contributed by atoms with E-state index in [1.54, 1.807) is 19.1 Å².